The van der Waals surface area contributed by atoms with Crippen LogP contribution in [0.25, 0.3) is 22.0 Å². The summed E-state index contributed by atoms with van der Waals surface area (Å²) in [5.74, 6) is -1.08. The van der Waals surface area contributed by atoms with Crippen LogP contribution in [0.1, 0.15) is 47.2 Å². The standard InChI is InChI=1S/C29H23ClF4N4O/c30-24-9-1-16(17-2-10-26-23(12-17)27(36-15-35-26)37-20-4-5-20)11-18(24)14-38(21-6-7-21)28(39)22-8-3-19(13-25(22)31)29(32,33)34/h1-3,8-13,15,20-21H,4-7,14H2,(H,35,36,37). The highest BCUT2D eigenvalue weighted by Crippen LogP contribution is 2.36. The molecule has 1 aromatic heterocycles. The Balaban J connectivity index is 1.30. The number of nitrogens with one attached hydrogen (secondary N) is 1. The van der Waals surface area contributed by atoms with Crippen molar-refractivity contribution < 1.29 is 22.4 Å². The van der Waals surface area contributed by atoms with Crippen LogP contribution in [0.15, 0.2) is 60.9 Å². The Morgan fingerprint density at radius 1 is 0.974 bits per heavy atom. The Labute approximate surface area is 226 Å². The minimum Gasteiger partial charge on any atom is -0.367 e. The van der Waals surface area contributed by atoms with E-state index in [1.807, 2.05) is 30.3 Å². The summed E-state index contributed by atoms with van der Waals surface area (Å²) in [5.41, 5.74) is 1.71. The van der Waals surface area contributed by atoms with Gasteiger partial charge in [0.15, 0.2) is 0 Å². The summed E-state index contributed by atoms with van der Waals surface area (Å²) < 4.78 is 53.6. The molecule has 0 spiro atoms. The number of amides is 1. The molecule has 39 heavy (non-hydrogen) atoms. The molecule has 3 aromatic carbocycles. The van der Waals surface area contributed by atoms with Crippen molar-refractivity contribution in [3.8, 4) is 11.1 Å². The average Bonchev–Trinajstić information content (AvgIpc) is 3.83. The number of benzene rings is 3. The summed E-state index contributed by atoms with van der Waals surface area (Å²) in [6.45, 7) is 0.0990. The highest BCUT2D eigenvalue weighted by molar-refractivity contribution is 6.31. The van der Waals surface area contributed by atoms with Crippen molar-refractivity contribution in [2.24, 2.45) is 0 Å². The maximum absolute atomic E-state index is 14.6. The second-order valence-electron chi connectivity index (χ2n) is 10.0. The second kappa shape index (κ2) is 9.79. The molecule has 1 heterocycles. The number of alkyl halides is 3. The summed E-state index contributed by atoms with van der Waals surface area (Å²) in [4.78, 5) is 23.6. The van der Waals surface area contributed by atoms with E-state index in [1.54, 1.807) is 6.07 Å². The van der Waals surface area contributed by atoms with E-state index in [9.17, 15) is 22.4 Å². The molecule has 0 unspecified atom stereocenters. The zero-order valence-electron chi connectivity index (χ0n) is 20.6. The molecule has 10 heteroatoms. The maximum atomic E-state index is 14.6. The van der Waals surface area contributed by atoms with E-state index < -0.39 is 29.0 Å². The first-order valence-electron chi connectivity index (χ1n) is 12.7. The fourth-order valence-electron chi connectivity index (χ4n) is 4.60. The predicted octanol–water partition coefficient (Wildman–Crippen LogP) is 7.49. The van der Waals surface area contributed by atoms with Gasteiger partial charge in [-0.05, 0) is 84.8 Å². The monoisotopic (exact) mass is 554 g/mol. The number of halogens is 5. The number of carbonyl (C=O) groups is 1. The molecular weight excluding hydrogens is 532 g/mol. The minimum atomic E-state index is -4.70. The maximum Gasteiger partial charge on any atom is 0.416 e. The van der Waals surface area contributed by atoms with Crippen LogP contribution in [0.3, 0.4) is 0 Å². The van der Waals surface area contributed by atoms with Gasteiger partial charge in [0.25, 0.3) is 5.91 Å². The van der Waals surface area contributed by atoms with Gasteiger partial charge in [-0.1, -0.05) is 23.7 Å². The molecule has 0 radical (unpaired) electrons. The molecule has 2 aliphatic rings. The van der Waals surface area contributed by atoms with Gasteiger partial charge >= 0.3 is 6.18 Å². The molecule has 200 valence electrons. The van der Waals surface area contributed by atoms with Crippen molar-refractivity contribution in [3.63, 3.8) is 0 Å². The molecule has 5 nitrogen and oxygen atoms in total. The van der Waals surface area contributed by atoms with Gasteiger partial charge in [0, 0.05) is 29.0 Å². The van der Waals surface area contributed by atoms with Crippen molar-refractivity contribution in [2.75, 3.05) is 5.32 Å². The quantitative estimate of drug-likeness (QED) is 0.241. The smallest absolute Gasteiger partial charge is 0.367 e. The zero-order chi connectivity index (χ0) is 27.3. The first-order chi connectivity index (χ1) is 18.7. The molecule has 0 saturated heterocycles. The van der Waals surface area contributed by atoms with Crippen molar-refractivity contribution in [3.05, 3.63) is 88.5 Å². The van der Waals surface area contributed by atoms with E-state index in [2.05, 4.69) is 15.3 Å². The van der Waals surface area contributed by atoms with E-state index in [4.69, 9.17) is 11.6 Å². The van der Waals surface area contributed by atoms with E-state index in [0.29, 0.717) is 22.7 Å². The number of aromatic nitrogens is 2. The van der Waals surface area contributed by atoms with Gasteiger partial charge in [-0.3, -0.25) is 4.79 Å². The predicted molar refractivity (Wildman–Crippen MR) is 141 cm³/mol. The molecule has 1 amide bonds. The Bertz CT molecular complexity index is 1580. The lowest BCUT2D eigenvalue weighted by atomic mass is 10.0. The Morgan fingerprint density at radius 3 is 2.41 bits per heavy atom. The van der Waals surface area contributed by atoms with Gasteiger partial charge in [-0.2, -0.15) is 13.2 Å². The molecule has 4 aromatic rings. The molecule has 2 aliphatic carbocycles. The third kappa shape index (κ3) is 5.41. The highest BCUT2D eigenvalue weighted by atomic mass is 35.5. The van der Waals surface area contributed by atoms with E-state index in [-0.39, 0.29) is 12.6 Å². The molecule has 6 rings (SSSR count). The fourth-order valence-corrected chi connectivity index (χ4v) is 4.78. The van der Waals surface area contributed by atoms with Crippen LogP contribution in [0.4, 0.5) is 23.4 Å². The number of carbonyl (C=O) groups excluding carboxylic acids is 1. The van der Waals surface area contributed by atoms with Crippen LogP contribution >= 0.6 is 11.6 Å². The minimum absolute atomic E-state index is 0.0990. The number of hydrogen-bond acceptors (Lipinski definition) is 4. The third-order valence-electron chi connectivity index (χ3n) is 7.05. The first kappa shape index (κ1) is 25.6. The molecule has 2 saturated carbocycles. The van der Waals surface area contributed by atoms with Crippen molar-refractivity contribution in [1.82, 2.24) is 14.9 Å². The van der Waals surface area contributed by atoms with Crippen molar-refractivity contribution in [1.29, 1.82) is 0 Å². The van der Waals surface area contributed by atoms with Gasteiger partial charge in [-0.15, -0.1) is 0 Å². The van der Waals surface area contributed by atoms with Crippen LogP contribution in [-0.4, -0.2) is 32.9 Å². The van der Waals surface area contributed by atoms with E-state index in [1.165, 1.54) is 11.2 Å². The highest BCUT2D eigenvalue weighted by Gasteiger charge is 2.36. The van der Waals surface area contributed by atoms with Gasteiger partial charge < -0.3 is 10.2 Å². The van der Waals surface area contributed by atoms with Gasteiger partial charge in [0.2, 0.25) is 0 Å². The fraction of sp³-hybridized carbons (Fsp3) is 0.276. The molecule has 0 bridgehead atoms. The third-order valence-corrected chi connectivity index (χ3v) is 7.42. The second-order valence-corrected chi connectivity index (χ2v) is 10.4. The van der Waals surface area contributed by atoms with Crippen molar-refractivity contribution in [2.45, 2.75) is 50.5 Å². The Hall–Kier alpha value is -3.72. The normalized spacial score (nSPS) is 15.4. The van der Waals surface area contributed by atoms with Gasteiger partial charge in [0.1, 0.15) is 18.0 Å². The molecule has 0 aliphatic heterocycles. The largest absolute Gasteiger partial charge is 0.416 e. The van der Waals surface area contributed by atoms with E-state index in [0.717, 1.165) is 65.7 Å². The summed E-state index contributed by atoms with van der Waals surface area (Å²) in [7, 11) is 0. The summed E-state index contributed by atoms with van der Waals surface area (Å²) in [6, 6.07) is 13.7. The molecule has 0 atom stereocenters. The lowest BCUT2D eigenvalue weighted by Gasteiger charge is -2.24. The average molecular weight is 555 g/mol. The number of anilines is 1. The number of nitrogens with zero attached hydrogens (tertiary/aromatic N) is 3. The van der Waals surface area contributed by atoms with Crippen LogP contribution in [0.5, 0.6) is 0 Å². The van der Waals surface area contributed by atoms with Gasteiger partial charge in [-0.25, -0.2) is 14.4 Å². The molecule has 2 fully saturated rings. The van der Waals surface area contributed by atoms with Crippen LogP contribution < -0.4 is 5.32 Å². The first-order valence-corrected chi connectivity index (χ1v) is 13.0. The SMILES string of the molecule is O=C(c1ccc(C(F)(F)F)cc1F)N(Cc1cc(-c2ccc3ncnc(NC4CC4)c3c2)ccc1Cl)C1CC1. The Morgan fingerprint density at radius 2 is 1.72 bits per heavy atom. The van der Waals surface area contributed by atoms with Crippen LogP contribution in [-0.2, 0) is 12.7 Å². The lowest BCUT2D eigenvalue weighted by molar-refractivity contribution is -0.137. The number of rotatable bonds is 7. The molecule has 1 N–H and O–H groups in total. The summed E-state index contributed by atoms with van der Waals surface area (Å²) in [5, 5.41) is 4.77. The zero-order valence-corrected chi connectivity index (χ0v) is 21.4. The topological polar surface area (TPSA) is 58.1 Å². The number of hydrogen-bond donors (Lipinski definition) is 1. The van der Waals surface area contributed by atoms with Gasteiger partial charge in [0.05, 0.1) is 16.6 Å². The van der Waals surface area contributed by atoms with Crippen LogP contribution in [0.2, 0.25) is 5.02 Å². The molecular formula is C29H23ClF4N4O. The van der Waals surface area contributed by atoms with E-state index >= 15 is 0 Å². The summed E-state index contributed by atoms with van der Waals surface area (Å²) >= 11 is 6.52. The van der Waals surface area contributed by atoms with Crippen LogP contribution in [0, 0.1) is 5.82 Å². The summed E-state index contributed by atoms with van der Waals surface area (Å²) in [6.07, 6.45) is 0.516. The number of fused-ring (bicyclic) bond motifs is 1. The Kier molecular flexibility index (Phi) is 6.41. The van der Waals surface area contributed by atoms with Crippen molar-refractivity contribution >= 4 is 34.2 Å². The lowest BCUT2D eigenvalue weighted by Crippen LogP contribution is -2.33.